The van der Waals surface area contributed by atoms with Gasteiger partial charge in [0.15, 0.2) is 0 Å². The van der Waals surface area contributed by atoms with Gasteiger partial charge in [0.1, 0.15) is 0 Å². The minimum atomic E-state index is -0.436. The third kappa shape index (κ3) is 4.88. The Morgan fingerprint density at radius 2 is 0.869 bits per heavy atom. The molecule has 0 aliphatic heterocycles. The van der Waals surface area contributed by atoms with Gasteiger partial charge in [0, 0.05) is 26.7 Å². The highest BCUT2D eigenvalue weighted by Gasteiger charge is 2.52. The first kappa shape index (κ1) is 34.4. The fourth-order valence-electron chi connectivity index (χ4n) is 10.7. The Hall–Kier alpha value is -7.52. The molecule has 1 heterocycles. The van der Waals surface area contributed by atoms with E-state index < -0.39 is 5.41 Å². The number of fused-ring (bicyclic) bond motifs is 14. The van der Waals surface area contributed by atoms with Gasteiger partial charge in [-0.2, -0.15) is 0 Å². The molecule has 2 aliphatic rings. The third-order valence-corrected chi connectivity index (χ3v) is 14.6. The average molecular weight is 792 g/mol. The lowest BCUT2D eigenvalue weighted by Crippen LogP contribution is -2.26. The van der Waals surface area contributed by atoms with Crippen molar-refractivity contribution in [3.63, 3.8) is 0 Å². The number of rotatable bonds is 5. The van der Waals surface area contributed by atoms with Gasteiger partial charge >= 0.3 is 0 Å². The summed E-state index contributed by atoms with van der Waals surface area (Å²) in [5, 5.41) is 5.07. The predicted octanol–water partition coefficient (Wildman–Crippen LogP) is 16.4. The Balaban J connectivity index is 1.08. The molecule has 284 valence electrons. The lowest BCUT2D eigenvalue weighted by Gasteiger charge is -2.32. The summed E-state index contributed by atoms with van der Waals surface area (Å²) in [5.74, 6) is 0. The highest BCUT2D eigenvalue weighted by molar-refractivity contribution is 7.27. The normalized spacial score (nSPS) is 13.0. The molecule has 10 aromatic carbocycles. The fraction of sp³-hybridized carbons (Fsp3) is 0.0169. The van der Waals surface area contributed by atoms with Crippen LogP contribution in [0, 0.1) is 0 Å². The molecule has 0 atom stereocenters. The number of benzene rings is 10. The van der Waals surface area contributed by atoms with Crippen LogP contribution in [0.15, 0.2) is 224 Å². The van der Waals surface area contributed by atoms with Gasteiger partial charge in [-0.15, -0.1) is 11.3 Å². The average Bonchev–Trinajstić information content (AvgIpc) is 3.97. The van der Waals surface area contributed by atoms with Crippen molar-refractivity contribution in [3.05, 3.63) is 247 Å². The number of hydrogen-bond donors (Lipinski definition) is 0. The van der Waals surface area contributed by atoms with Gasteiger partial charge < -0.3 is 4.90 Å². The first-order valence-corrected chi connectivity index (χ1v) is 21.9. The summed E-state index contributed by atoms with van der Waals surface area (Å²) in [6.07, 6.45) is 0. The highest BCUT2D eigenvalue weighted by atomic mass is 32.1. The summed E-state index contributed by atoms with van der Waals surface area (Å²) in [4.78, 5) is 2.55. The van der Waals surface area contributed by atoms with E-state index in [1.54, 1.807) is 0 Å². The highest BCUT2D eigenvalue weighted by Crippen LogP contribution is 2.65. The largest absolute Gasteiger partial charge is 0.308 e. The predicted molar refractivity (Wildman–Crippen MR) is 259 cm³/mol. The maximum absolute atomic E-state index is 2.55. The Morgan fingerprint density at radius 3 is 1.62 bits per heavy atom. The van der Waals surface area contributed by atoms with E-state index in [1.165, 1.54) is 109 Å². The molecule has 0 saturated heterocycles. The zero-order valence-electron chi connectivity index (χ0n) is 33.2. The molecule has 2 heteroatoms. The molecular weight excluding hydrogens is 755 g/mol. The van der Waals surface area contributed by atoms with Crippen LogP contribution in [-0.4, -0.2) is 0 Å². The van der Waals surface area contributed by atoms with Crippen LogP contribution in [0.3, 0.4) is 0 Å². The number of hydrogen-bond acceptors (Lipinski definition) is 2. The van der Waals surface area contributed by atoms with Crippen molar-refractivity contribution in [1.82, 2.24) is 0 Å². The van der Waals surface area contributed by atoms with E-state index in [0.29, 0.717) is 0 Å². The van der Waals surface area contributed by atoms with Gasteiger partial charge in [0.2, 0.25) is 0 Å². The molecular formula is C59H37NS. The second-order valence-electron chi connectivity index (χ2n) is 16.3. The molecule has 0 bridgehead atoms. The van der Waals surface area contributed by atoms with Gasteiger partial charge in [0.05, 0.1) is 21.5 Å². The zero-order chi connectivity index (χ0) is 40.1. The summed E-state index contributed by atoms with van der Waals surface area (Å²) in [5.41, 5.74) is 18.5. The quantitative estimate of drug-likeness (QED) is 0.168. The van der Waals surface area contributed by atoms with E-state index in [0.717, 1.165) is 5.69 Å². The lowest BCUT2D eigenvalue weighted by molar-refractivity contribution is 0.794. The Labute approximate surface area is 359 Å². The third-order valence-electron chi connectivity index (χ3n) is 13.3. The number of thiophene rings is 1. The van der Waals surface area contributed by atoms with Gasteiger partial charge in [-0.3, -0.25) is 0 Å². The summed E-state index contributed by atoms with van der Waals surface area (Å²) in [6.45, 7) is 0. The molecule has 0 amide bonds. The van der Waals surface area contributed by atoms with Gasteiger partial charge in [0.25, 0.3) is 0 Å². The number of nitrogens with zero attached hydrogens (tertiary/aromatic N) is 1. The molecule has 1 nitrogen and oxygen atoms in total. The van der Waals surface area contributed by atoms with Crippen molar-refractivity contribution in [2.45, 2.75) is 5.41 Å². The van der Waals surface area contributed by atoms with E-state index >= 15 is 0 Å². The van der Waals surface area contributed by atoms with Gasteiger partial charge in [-0.25, -0.2) is 0 Å². The summed E-state index contributed by atoms with van der Waals surface area (Å²) >= 11 is 1.91. The molecule has 1 aromatic heterocycles. The van der Waals surface area contributed by atoms with Crippen LogP contribution in [0.5, 0.6) is 0 Å². The second kappa shape index (κ2) is 13.2. The summed E-state index contributed by atoms with van der Waals surface area (Å²) in [6, 6.07) is 83.4. The second-order valence-corrected chi connectivity index (χ2v) is 17.4. The minimum absolute atomic E-state index is 0.436. The van der Waals surface area contributed by atoms with Crippen molar-refractivity contribution in [1.29, 1.82) is 0 Å². The molecule has 0 fully saturated rings. The van der Waals surface area contributed by atoms with Crippen molar-refractivity contribution in [2.75, 3.05) is 4.90 Å². The van der Waals surface area contributed by atoms with Crippen molar-refractivity contribution in [2.24, 2.45) is 0 Å². The summed E-state index contributed by atoms with van der Waals surface area (Å²) < 4.78 is 2.58. The van der Waals surface area contributed by atoms with Crippen LogP contribution >= 0.6 is 11.3 Å². The maximum atomic E-state index is 2.55. The molecule has 1 spiro atoms. The number of anilines is 3. The van der Waals surface area contributed by atoms with Crippen molar-refractivity contribution >= 4 is 59.3 Å². The Morgan fingerprint density at radius 1 is 0.328 bits per heavy atom. The van der Waals surface area contributed by atoms with E-state index in [1.807, 2.05) is 11.3 Å². The molecule has 0 radical (unpaired) electrons. The smallest absolute Gasteiger partial charge is 0.0726 e. The molecule has 0 N–H and O–H groups in total. The molecule has 61 heavy (non-hydrogen) atoms. The summed E-state index contributed by atoms with van der Waals surface area (Å²) in [7, 11) is 0. The lowest BCUT2D eigenvalue weighted by atomic mass is 9.70. The van der Waals surface area contributed by atoms with Crippen LogP contribution in [0.4, 0.5) is 17.1 Å². The van der Waals surface area contributed by atoms with E-state index in [2.05, 4.69) is 229 Å². The monoisotopic (exact) mass is 791 g/mol. The Bertz CT molecular complexity index is 3490. The SMILES string of the molecule is c1ccc(-c2cccc3c2sc2c(N(c4ccc(-c5ccc6ccccc6c5)cc4)c4cccc5c4-c4ccccc4C54c5ccccc5-c5ccccc54)cccc23)cc1. The van der Waals surface area contributed by atoms with Gasteiger partial charge in [-0.05, 0) is 102 Å². The molecule has 0 saturated carbocycles. The van der Waals surface area contributed by atoms with Crippen LogP contribution in [-0.2, 0) is 5.41 Å². The van der Waals surface area contributed by atoms with Crippen molar-refractivity contribution < 1.29 is 0 Å². The van der Waals surface area contributed by atoms with Crippen LogP contribution in [0.25, 0.3) is 75.5 Å². The maximum Gasteiger partial charge on any atom is 0.0726 e. The van der Waals surface area contributed by atoms with E-state index in [4.69, 9.17) is 0 Å². The molecule has 0 unspecified atom stereocenters. The standard InChI is InChI=1S/C59H37NS/c1-2-16-40(17-3-1)44-22-12-23-47-48-24-13-30-55(58(48)61-57(44)47)60(43-35-33-39(34-36-43)42-32-31-38-15-4-5-18-41(38)37-42)54-29-14-28-53-56(54)49-21-8-11-27-52(49)59(53)50-25-9-6-19-45(50)46-20-7-10-26-51(46)59/h1-37H. The molecule has 13 rings (SSSR count). The first-order valence-electron chi connectivity index (χ1n) is 21.1. The van der Waals surface area contributed by atoms with E-state index in [-0.39, 0.29) is 0 Å². The minimum Gasteiger partial charge on any atom is -0.308 e. The first-order chi connectivity index (χ1) is 30.3. The molecule has 2 aliphatic carbocycles. The van der Waals surface area contributed by atoms with Gasteiger partial charge in [-0.1, -0.05) is 194 Å². The van der Waals surface area contributed by atoms with Crippen LogP contribution in [0.2, 0.25) is 0 Å². The Kier molecular flexibility index (Phi) is 7.46. The van der Waals surface area contributed by atoms with Crippen LogP contribution < -0.4 is 4.90 Å². The van der Waals surface area contributed by atoms with Crippen LogP contribution in [0.1, 0.15) is 22.3 Å². The van der Waals surface area contributed by atoms with E-state index in [9.17, 15) is 0 Å². The fourth-order valence-corrected chi connectivity index (χ4v) is 12.1. The van der Waals surface area contributed by atoms with Crippen molar-refractivity contribution in [3.8, 4) is 44.5 Å². The molecule has 11 aromatic rings. The topological polar surface area (TPSA) is 3.24 Å². The zero-order valence-corrected chi connectivity index (χ0v) is 34.0.